The van der Waals surface area contributed by atoms with Crippen molar-refractivity contribution in [3.8, 4) is 5.75 Å². The molecule has 0 saturated heterocycles. The van der Waals surface area contributed by atoms with E-state index in [1.165, 1.54) is 12.1 Å². The summed E-state index contributed by atoms with van der Waals surface area (Å²) >= 11 is 0. The number of aliphatic hydroxyl groups is 1. The molecule has 1 aliphatic rings. The van der Waals surface area contributed by atoms with Gasteiger partial charge in [0.25, 0.3) is 5.91 Å². The molecule has 1 atom stereocenters. The van der Waals surface area contributed by atoms with Gasteiger partial charge < -0.3 is 19.9 Å². The highest BCUT2D eigenvalue weighted by Gasteiger charge is 2.44. The fraction of sp³-hybridized carbons (Fsp3) is 0.286. The summed E-state index contributed by atoms with van der Waals surface area (Å²) in [5.74, 6) is 0.329. The second kappa shape index (κ2) is 12.7. The van der Waals surface area contributed by atoms with Gasteiger partial charge in [-0.2, -0.15) is 0 Å². The number of nitrogens with one attached hydrogen (secondary N) is 1. The van der Waals surface area contributed by atoms with Gasteiger partial charge in [-0.05, 0) is 59.5 Å². The first-order valence-corrected chi connectivity index (χ1v) is 12.3. The summed E-state index contributed by atoms with van der Waals surface area (Å²) in [5.41, 5.74) is 10.4. The van der Waals surface area contributed by atoms with Crippen LogP contribution in [0.2, 0.25) is 0 Å². The fourth-order valence-corrected chi connectivity index (χ4v) is 4.09. The number of azide groups is 1. The molecule has 10 heteroatoms. The topological polar surface area (TPSA) is 129 Å². The van der Waals surface area contributed by atoms with Gasteiger partial charge in [0.2, 0.25) is 5.90 Å². The third-order valence-corrected chi connectivity index (χ3v) is 6.10. The van der Waals surface area contributed by atoms with Crippen molar-refractivity contribution in [3.63, 3.8) is 0 Å². The average Bonchev–Trinajstić information content (AvgIpc) is 3.37. The minimum atomic E-state index is -1.28. The number of benzene rings is 3. The maximum absolute atomic E-state index is 13.6. The number of nitrogens with zero attached hydrogens (tertiary/aromatic N) is 4. The quantitative estimate of drug-likeness (QED) is 0.157. The van der Waals surface area contributed by atoms with Crippen LogP contribution in [0.5, 0.6) is 5.75 Å². The standard InChI is InChI=1S/C28H28FN5O4/c29-23-10-6-20(7-11-23)14-15-31-27(36)28(18-22-4-1-2-5-25(22)33-34-30)19-38-26(32-28)21-8-12-24(13-9-21)37-17-3-16-35/h1-2,4-13,35H,3,14-19H2,(H,31,36)/t28-/m1/s1. The molecule has 3 aromatic rings. The summed E-state index contributed by atoms with van der Waals surface area (Å²) in [6, 6.07) is 20.3. The highest BCUT2D eigenvalue weighted by atomic mass is 19.1. The largest absolute Gasteiger partial charge is 0.494 e. The van der Waals surface area contributed by atoms with Gasteiger partial charge in [0.1, 0.15) is 18.2 Å². The average molecular weight is 518 g/mol. The summed E-state index contributed by atoms with van der Waals surface area (Å²) in [4.78, 5) is 21.2. The van der Waals surface area contributed by atoms with Crippen LogP contribution in [-0.2, 0) is 22.4 Å². The van der Waals surface area contributed by atoms with E-state index in [0.29, 0.717) is 54.5 Å². The van der Waals surface area contributed by atoms with Crippen molar-refractivity contribution in [2.24, 2.45) is 10.1 Å². The first kappa shape index (κ1) is 26.7. The number of amides is 1. The molecule has 1 aliphatic heterocycles. The summed E-state index contributed by atoms with van der Waals surface area (Å²) in [6.07, 6.45) is 1.22. The van der Waals surface area contributed by atoms with Crippen molar-refractivity contribution in [2.75, 3.05) is 26.4 Å². The number of ether oxygens (including phenoxy) is 2. The zero-order chi connectivity index (χ0) is 26.8. The molecule has 196 valence electrons. The third-order valence-electron chi connectivity index (χ3n) is 6.10. The molecular weight excluding hydrogens is 489 g/mol. The Bertz CT molecular complexity index is 1320. The van der Waals surface area contributed by atoms with E-state index in [9.17, 15) is 9.18 Å². The molecule has 9 nitrogen and oxygen atoms in total. The van der Waals surface area contributed by atoms with Crippen molar-refractivity contribution in [1.82, 2.24) is 5.32 Å². The van der Waals surface area contributed by atoms with E-state index in [2.05, 4.69) is 15.3 Å². The van der Waals surface area contributed by atoms with Crippen LogP contribution in [0.3, 0.4) is 0 Å². The molecule has 1 amide bonds. The maximum atomic E-state index is 13.6. The van der Waals surface area contributed by atoms with Crippen LogP contribution >= 0.6 is 0 Å². The van der Waals surface area contributed by atoms with Gasteiger partial charge in [0.15, 0.2) is 5.54 Å². The number of hydrogen-bond donors (Lipinski definition) is 2. The van der Waals surface area contributed by atoms with Gasteiger partial charge in [-0.1, -0.05) is 41.5 Å². The second-order valence-corrected chi connectivity index (χ2v) is 8.81. The van der Waals surface area contributed by atoms with Gasteiger partial charge in [-0.3, -0.25) is 4.79 Å². The van der Waals surface area contributed by atoms with E-state index >= 15 is 0 Å². The maximum Gasteiger partial charge on any atom is 0.251 e. The van der Waals surface area contributed by atoms with E-state index < -0.39 is 5.54 Å². The Kier molecular flexibility index (Phi) is 8.92. The van der Waals surface area contributed by atoms with Crippen molar-refractivity contribution < 1.29 is 23.8 Å². The minimum Gasteiger partial charge on any atom is -0.494 e. The van der Waals surface area contributed by atoms with Crippen LogP contribution < -0.4 is 10.1 Å². The van der Waals surface area contributed by atoms with Crippen LogP contribution in [0.1, 0.15) is 23.1 Å². The normalized spacial score (nSPS) is 16.2. The zero-order valence-corrected chi connectivity index (χ0v) is 20.7. The summed E-state index contributed by atoms with van der Waals surface area (Å²) in [7, 11) is 0. The lowest BCUT2D eigenvalue weighted by Gasteiger charge is -2.24. The second-order valence-electron chi connectivity index (χ2n) is 8.81. The molecule has 3 aromatic carbocycles. The van der Waals surface area contributed by atoms with Crippen LogP contribution in [0.4, 0.5) is 10.1 Å². The van der Waals surface area contributed by atoms with Crippen LogP contribution in [-0.4, -0.2) is 48.8 Å². The number of halogens is 1. The number of rotatable bonds is 12. The molecule has 2 N–H and O–H groups in total. The smallest absolute Gasteiger partial charge is 0.251 e. The molecule has 0 bridgehead atoms. The van der Waals surface area contributed by atoms with Crippen molar-refractivity contribution in [3.05, 3.63) is 106 Å². The Morgan fingerprint density at radius 1 is 1.16 bits per heavy atom. The molecule has 0 unspecified atom stereocenters. The summed E-state index contributed by atoms with van der Waals surface area (Å²) in [6.45, 7) is 0.789. The number of aliphatic hydroxyl groups excluding tert-OH is 1. The number of aliphatic imine (C=N–C) groups is 1. The van der Waals surface area contributed by atoms with E-state index in [0.717, 1.165) is 5.56 Å². The van der Waals surface area contributed by atoms with Crippen molar-refractivity contribution in [2.45, 2.75) is 24.8 Å². The van der Waals surface area contributed by atoms with Crippen molar-refractivity contribution in [1.29, 1.82) is 0 Å². The molecule has 0 spiro atoms. The molecule has 0 fully saturated rings. The van der Waals surface area contributed by atoms with Crippen LogP contribution in [0.25, 0.3) is 10.4 Å². The number of carbonyl (C=O) groups excluding carboxylic acids is 1. The lowest BCUT2D eigenvalue weighted by atomic mass is 9.90. The van der Waals surface area contributed by atoms with Crippen LogP contribution in [0, 0.1) is 5.82 Å². The first-order valence-electron chi connectivity index (χ1n) is 12.3. The predicted molar refractivity (Wildman–Crippen MR) is 141 cm³/mol. The van der Waals surface area contributed by atoms with E-state index in [4.69, 9.17) is 25.1 Å². The van der Waals surface area contributed by atoms with E-state index in [-0.39, 0.29) is 31.4 Å². The van der Waals surface area contributed by atoms with Gasteiger partial charge in [-0.15, -0.1) is 0 Å². The fourth-order valence-electron chi connectivity index (χ4n) is 4.09. The Balaban J connectivity index is 1.56. The zero-order valence-electron chi connectivity index (χ0n) is 20.7. The summed E-state index contributed by atoms with van der Waals surface area (Å²) < 4.78 is 24.7. The highest BCUT2D eigenvalue weighted by molar-refractivity contribution is 6.00. The third kappa shape index (κ3) is 6.67. The Hall–Kier alpha value is -4.40. The number of hydrogen-bond acceptors (Lipinski definition) is 6. The molecular formula is C28H28FN5O4. The lowest BCUT2D eigenvalue weighted by Crippen LogP contribution is -2.49. The van der Waals surface area contributed by atoms with Crippen LogP contribution in [0.15, 0.2) is 82.9 Å². The van der Waals surface area contributed by atoms with E-state index in [1.807, 2.05) is 6.07 Å². The van der Waals surface area contributed by atoms with Gasteiger partial charge >= 0.3 is 0 Å². The Labute approximate surface area is 219 Å². The summed E-state index contributed by atoms with van der Waals surface area (Å²) in [5, 5.41) is 15.6. The molecule has 4 rings (SSSR count). The minimum absolute atomic E-state index is 0.00404. The Morgan fingerprint density at radius 3 is 2.66 bits per heavy atom. The molecule has 38 heavy (non-hydrogen) atoms. The van der Waals surface area contributed by atoms with Gasteiger partial charge in [-0.25, -0.2) is 9.38 Å². The Morgan fingerprint density at radius 2 is 1.92 bits per heavy atom. The monoisotopic (exact) mass is 517 g/mol. The number of carbonyl (C=O) groups is 1. The molecule has 0 aromatic heterocycles. The molecule has 0 saturated carbocycles. The van der Waals surface area contributed by atoms with Gasteiger partial charge in [0, 0.05) is 42.2 Å². The van der Waals surface area contributed by atoms with Gasteiger partial charge in [0.05, 0.1) is 6.61 Å². The SMILES string of the molecule is [N-]=[N+]=Nc1ccccc1C[C@]1(C(=O)NCCc2ccc(F)cc2)COC(c2ccc(OCCCO)cc2)=N1. The predicted octanol–water partition coefficient (Wildman–Crippen LogP) is 4.65. The first-order chi connectivity index (χ1) is 18.5. The molecule has 0 aliphatic carbocycles. The van der Waals surface area contributed by atoms with Crippen molar-refractivity contribution >= 4 is 17.5 Å². The highest BCUT2D eigenvalue weighted by Crippen LogP contribution is 2.31. The molecule has 1 heterocycles. The molecule has 0 radical (unpaired) electrons. The lowest BCUT2D eigenvalue weighted by molar-refractivity contribution is -0.126. The van der Waals surface area contributed by atoms with E-state index in [1.54, 1.807) is 54.6 Å².